The minimum absolute atomic E-state index is 0.0388. The lowest BCUT2D eigenvalue weighted by molar-refractivity contribution is 0.0561. The molecule has 1 saturated carbocycles. The van der Waals surface area contributed by atoms with E-state index in [1.807, 2.05) is 6.92 Å². The molecule has 5 heteroatoms. The van der Waals surface area contributed by atoms with Crippen LogP contribution in [0.3, 0.4) is 0 Å². The Kier molecular flexibility index (Phi) is 3.22. The second kappa shape index (κ2) is 4.50. The SMILES string of the molecule is COC(=O)c1ccc(C(C)NC2(CO)CC2)o1. The summed E-state index contributed by atoms with van der Waals surface area (Å²) < 4.78 is 9.97. The second-order valence-electron chi connectivity index (χ2n) is 4.50. The molecule has 0 aliphatic heterocycles. The molecule has 1 fully saturated rings. The molecule has 0 saturated heterocycles. The van der Waals surface area contributed by atoms with Crippen LogP contribution in [-0.2, 0) is 4.74 Å². The Morgan fingerprint density at radius 2 is 2.35 bits per heavy atom. The van der Waals surface area contributed by atoms with E-state index in [1.54, 1.807) is 12.1 Å². The first kappa shape index (κ1) is 12.1. The predicted octanol–water partition coefficient (Wildman–Crippen LogP) is 1.24. The highest BCUT2D eigenvalue weighted by Crippen LogP contribution is 2.37. The van der Waals surface area contributed by atoms with Crippen LogP contribution in [0.15, 0.2) is 16.5 Å². The molecule has 2 N–H and O–H groups in total. The van der Waals surface area contributed by atoms with Crippen LogP contribution in [0.25, 0.3) is 0 Å². The van der Waals surface area contributed by atoms with E-state index in [9.17, 15) is 9.90 Å². The van der Waals surface area contributed by atoms with Gasteiger partial charge in [-0.15, -0.1) is 0 Å². The van der Waals surface area contributed by atoms with Crippen LogP contribution in [0.5, 0.6) is 0 Å². The summed E-state index contributed by atoms with van der Waals surface area (Å²) in [7, 11) is 1.32. The van der Waals surface area contributed by atoms with Crippen molar-refractivity contribution in [3.63, 3.8) is 0 Å². The van der Waals surface area contributed by atoms with E-state index in [-0.39, 0.29) is 23.9 Å². The number of furan rings is 1. The fourth-order valence-electron chi connectivity index (χ4n) is 1.83. The van der Waals surface area contributed by atoms with Crippen molar-refractivity contribution in [1.29, 1.82) is 0 Å². The quantitative estimate of drug-likeness (QED) is 0.756. The van der Waals surface area contributed by atoms with Gasteiger partial charge in [0, 0.05) is 5.54 Å². The summed E-state index contributed by atoms with van der Waals surface area (Å²) in [5.41, 5.74) is -0.155. The summed E-state index contributed by atoms with van der Waals surface area (Å²) in [4.78, 5) is 11.2. The van der Waals surface area contributed by atoms with Crippen molar-refractivity contribution < 1.29 is 19.1 Å². The molecule has 1 aliphatic carbocycles. The zero-order valence-electron chi connectivity index (χ0n) is 10.0. The first-order valence-corrected chi connectivity index (χ1v) is 5.67. The number of methoxy groups -OCH3 is 1. The van der Waals surface area contributed by atoms with Crippen LogP contribution in [0, 0.1) is 0 Å². The van der Waals surface area contributed by atoms with Crippen molar-refractivity contribution in [1.82, 2.24) is 5.32 Å². The number of hydrogen-bond acceptors (Lipinski definition) is 5. The van der Waals surface area contributed by atoms with E-state index in [2.05, 4.69) is 10.1 Å². The number of esters is 1. The molecule has 1 aliphatic rings. The van der Waals surface area contributed by atoms with E-state index in [4.69, 9.17) is 4.42 Å². The van der Waals surface area contributed by atoms with Gasteiger partial charge in [-0.25, -0.2) is 4.79 Å². The van der Waals surface area contributed by atoms with Gasteiger partial charge in [-0.05, 0) is 31.9 Å². The highest BCUT2D eigenvalue weighted by atomic mass is 16.5. The third-order valence-electron chi connectivity index (χ3n) is 3.12. The summed E-state index contributed by atoms with van der Waals surface area (Å²) in [6, 6.07) is 3.30. The number of aliphatic hydroxyl groups is 1. The van der Waals surface area contributed by atoms with E-state index in [1.165, 1.54) is 7.11 Å². The van der Waals surface area contributed by atoms with Crippen molar-refractivity contribution in [3.05, 3.63) is 23.7 Å². The number of hydrogen-bond donors (Lipinski definition) is 2. The Hall–Kier alpha value is -1.33. The van der Waals surface area contributed by atoms with Crippen molar-refractivity contribution in [2.45, 2.75) is 31.3 Å². The number of aliphatic hydroxyl groups excluding tert-OH is 1. The van der Waals surface area contributed by atoms with Gasteiger partial charge in [0.1, 0.15) is 5.76 Å². The Balaban J connectivity index is 2.02. The number of ether oxygens (including phenoxy) is 1. The van der Waals surface area contributed by atoms with Gasteiger partial charge in [0.2, 0.25) is 5.76 Å². The van der Waals surface area contributed by atoms with Gasteiger partial charge < -0.3 is 14.3 Å². The lowest BCUT2D eigenvalue weighted by Crippen LogP contribution is -2.36. The number of rotatable bonds is 5. The maximum absolute atomic E-state index is 11.2. The topological polar surface area (TPSA) is 71.7 Å². The molecule has 1 aromatic heterocycles. The van der Waals surface area contributed by atoms with Gasteiger partial charge in [-0.1, -0.05) is 0 Å². The molecule has 0 radical (unpaired) electrons. The molecule has 94 valence electrons. The zero-order chi connectivity index (χ0) is 12.5. The summed E-state index contributed by atoms with van der Waals surface area (Å²) in [6.45, 7) is 2.07. The van der Waals surface area contributed by atoms with Gasteiger partial charge in [0.15, 0.2) is 0 Å². The molecular weight excluding hydrogens is 222 g/mol. The van der Waals surface area contributed by atoms with Gasteiger partial charge in [0.05, 0.1) is 19.8 Å². The Morgan fingerprint density at radius 3 is 2.88 bits per heavy atom. The van der Waals surface area contributed by atoms with Crippen LogP contribution in [0.4, 0.5) is 0 Å². The fraction of sp³-hybridized carbons (Fsp3) is 0.583. The van der Waals surface area contributed by atoms with Crippen LogP contribution in [0.1, 0.15) is 42.1 Å². The van der Waals surface area contributed by atoms with E-state index in [0.717, 1.165) is 12.8 Å². The summed E-state index contributed by atoms with van der Waals surface area (Å²) in [5, 5.41) is 12.5. The van der Waals surface area contributed by atoms with Crippen molar-refractivity contribution in [2.24, 2.45) is 0 Å². The monoisotopic (exact) mass is 239 g/mol. The molecule has 2 rings (SSSR count). The van der Waals surface area contributed by atoms with Gasteiger partial charge in [-0.3, -0.25) is 5.32 Å². The third kappa shape index (κ3) is 2.50. The van der Waals surface area contributed by atoms with E-state index in [0.29, 0.717) is 5.76 Å². The smallest absolute Gasteiger partial charge is 0.373 e. The molecule has 0 spiro atoms. The molecule has 1 aromatic rings. The Bertz CT molecular complexity index is 408. The Morgan fingerprint density at radius 1 is 1.65 bits per heavy atom. The van der Waals surface area contributed by atoms with Gasteiger partial charge in [-0.2, -0.15) is 0 Å². The van der Waals surface area contributed by atoms with Gasteiger partial charge in [0.25, 0.3) is 0 Å². The average molecular weight is 239 g/mol. The lowest BCUT2D eigenvalue weighted by Gasteiger charge is -2.19. The molecule has 0 bridgehead atoms. The second-order valence-corrected chi connectivity index (χ2v) is 4.50. The van der Waals surface area contributed by atoms with Crippen LogP contribution < -0.4 is 5.32 Å². The molecule has 17 heavy (non-hydrogen) atoms. The predicted molar refractivity (Wildman–Crippen MR) is 60.6 cm³/mol. The van der Waals surface area contributed by atoms with E-state index >= 15 is 0 Å². The fourth-order valence-corrected chi connectivity index (χ4v) is 1.83. The molecule has 0 amide bonds. The van der Waals surface area contributed by atoms with Crippen molar-refractivity contribution >= 4 is 5.97 Å². The minimum atomic E-state index is -0.480. The Labute approximate surface area is 99.8 Å². The maximum atomic E-state index is 11.2. The average Bonchev–Trinajstić information content (AvgIpc) is 2.93. The molecule has 1 atom stereocenters. The van der Waals surface area contributed by atoms with Crippen molar-refractivity contribution in [3.8, 4) is 0 Å². The summed E-state index contributed by atoms with van der Waals surface area (Å²) >= 11 is 0. The molecule has 1 unspecified atom stereocenters. The summed E-state index contributed by atoms with van der Waals surface area (Å²) in [6.07, 6.45) is 1.94. The van der Waals surface area contributed by atoms with Crippen LogP contribution in [-0.4, -0.2) is 30.3 Å². The normalized spacial score (nSPS) is 18.8. The largest absolute Gasteiger partial charge is 0.463 e. The zero-order valence-corrected chi connectivity index (χ0v) is 10.0. The number of carbonyl (C=O) groups excluding carboxylic acids is 1. The third-order valence-corrected chi connectivity index (χ3v) is 3.12. The van der Waals surface area contributed by atoms with Gasteiger partial charge >= 0.3 is 5.97 Å². The van der Waals surface area contributed by atoms with Crippen LogP contribution in [0.2, 0.25) is 0 Å². The van der Waals surface area contributed by atoms with Crippen LogP contribution >= 0.6 is 0 Å². The molecule has 1 heterocycles. The lowest BCUT2D eigenvalue weighted by atomic mass is 10.2. The first-order valence-electron chi connectivity index (χ1n) is 5.67. The first-order chi connectivity index (χ1) is 8.10. The van der Waals surface area contributed by atoms with E-state index < -0.39 is 5.97 Å². The highest BCUT2D eigenvalue weighted by Gasteiger charge is 2.43. The number of carbonyl (C=O) groups is 1. The summed E-state index contributed by atoms with van der Waals surface area (Å²) in [5.74, 6) is 0.391. The minimum Gasteiger partial charge on any atom is -0.463 e. The highest BCUT2D eigenvalue weighted by molar-refractivity contribution is 5.86. The van der Waals surface area contributed by atoms with Crippen molar-refractivity contribution in [2.75, 3.05) is 13.7 Å². The molecule has 5 nitrogen and oxygen atoms in total. The number of nitrogens with one attached hydrogen (secondary N) is 1. The molecular formula is C12H17NO4. The maximum Gasteiger partial charge on any atom is 0.373 e. The standard InChI is InChI=1S/C12H17NO4/c1-8(13-12(7-14)5-6-12)9-3-4-10(17-9)11(15)16-2/h3-4,8,13-14H,5-7H2,1-2H3. The molecule has 0 aromatic carbocycles.